The van der Waals surface area contributed by atoms with Gasteiger partial charge in [-0.25, -0.2) is 9.59 Å². The summed E-state index contributed by atoms with van der Waals surface area (Å²) in [5.74, 6) is -1.28. The molecule has 4 aromatic rings. The first-order valence-corrected chi connectivity index (χ1v) is 10.3. The van der Waals surface area contributed by atoms with E-state index in [1.54, 1.807) is 28.8 Å². The van der Waals surface area contributed by atoms with Gasteiger partial charge in [0.05, 0.1) is 19.9 Å². The molecule has 0 aliphatic heterocycles. The van der Waals surface area contributed by atoms with Crippen molar-refractivity contribution in [1.29, 1.82) is 0 Å². The van der Waals surface area contributed by atoms with Crippen molar-refractivity contribution in [2.75, 3.05) is 14.2 Å². The molecule has 0 atom stereocenters. The summed E-state index contributed by atoms with van der Waals surface area (Å²) < 4.78 is 11.9. The van der Waals surface area contributed by atoms with Gasteiger partial charge in [-0.1, -0.05) is 72.3 Å². The van der Waals surface area contributed by atoms with Gasteiger partial charge in [0.15, 0.2) is 0 Å². The highest BCUT2D eigenvalue weighted by atomic mass is 35.5. The van der Waals surface area contributed by atoms with Crippen LogP contribution in [0.15, 0.2) is 84.9 Å². The number of esters is 2. The summed E-state index contributed by atoms with van der Waals surface area (Å²) >= 11 is 6.12. The number of aromatic nitrogens is 1. The van der Waals surface area contributed by atoms with Gasteiger partial charge in [0.25, 0.3) is 0 Å². The number of methoxy groups -OCH3 is 2. The van der Waals surface area contributed by atoms with Crippen LogP contribution < -0.4 is 0 Å². The van der Waals surface area contributed by atoms with Crippen molar-refractivity contribution in [3.8, 4) is 28.1 Å². The summed E-state index contributed by atoms with van der Waals surface area (Å²) in [6.45, 7) is 0. The van der Waals surface area contributed by atoms with Crippen LogP contribution in [0.3, 0.4) is 0 Å². The SMILES string of the molecule is COC(=O)c1c(-c2ccccc2)c(-c2ccccc2)n(-c2ccc(Cl)cc2)c1C(=O)OC. The third-order valence-electron chi connectivity index (χ3n) is 5.13. The van der Waals surface area contributed by atoms with Gasteiger partial charge in [-0.2, -0.15) is 0 Å². The molecule has 0 amide bonds. The molecule has 0 bridgehead atoms. The van der Waals surface area contributed by atoms with Gasteiger partial charge in [-0.05, 0) is 35.4 Å². The van der Waals surface area contributed by atoms with Crippen LogP contribution in [0.25, 0.3) is 28.1 Å². The smallest absolute Gasteiger partial charge is 0.355 e. The van der Waals surface area contributed by atoms with Crippen molar-refractivity contribution in [3.63, 3.8) is 0 Å². The summed E-state index contributed by atoms with van der Waals surface area (Å²) in [4.78, 5) is 26.1. The number of benzene rings is 3. The number of halogens is 1. The number of hydrogen-bond donors (Lipinski definition) is 0. The third-order valence-corrected chi connectivity index (χ3v) is 5.39. The lowest BCUT2D eigenvalue weighted by molar-refractivity contribution is 0.0550. The number of rotatable bonds is 5. The summed E-state index contributed by atoms with van der Waals surface area (Å²) in [7, 11) is 2.58. The molecule has 5 nitrogen and oxygen atoms in total. The molecule has 1 heterocycles. The first kappa shape index (κ1) is 21.4. The van der Waals surface area contributed by atoms with Crippen molar-refractivity contribution in [1.82, 2.24) is 4.57 Å². The van der Waals surface area contributed by atoms with Crippen LogP contribution in [0.4, 0.5) is 0 Å². The van der Waals surface area contributed by atoms with Crippen LogP contribution in [0, 0.1) is 0 Å². The first-order valence-electron chi connectivity index (χ1n) is 9.89. The number of hydrogen-bond acceptors (Lipinski definition) is 4. The fourth-order valence-corrected chi connectivity index (χ4v) is 3.89. The lowest BCUT2D eigenvalue weighted by Gasteiger charge is -2.14. The third kappa shape index (κ3) is 3.79. The molecule has 0 saturated carbocycles. The Hall–Kier alpha value is -3.83. The second-order valence-electron chi connectivity index (χ2n) is 6.97. The molecular formula is C26H20ClNO4. The lowest BCUT2D eigenvalue weighted by Crippen LogP contribution is -2.15. The fraction of sp³-hybridized carbons (Fsp3) is 0.0769. The number of nitrogens with zero attached hydrogens (tertiary/aromatic N) is 1. The van der Waals surface area contributed by atoms with Gasteiger partial charge in [-0.3, -0.25) is 0 Å². The van der Waals surface area contributed by atoms with E-state index in [0.29, 0.717) is 22.0 Å². The molecule has 0 aliphatic carbocycles. The highest BCUT2D eigenvalue weighted by Crippen LogP contribution is 2.42. The fourth-order valence-electron chi connectivity index (χ4n) is 3.77. The zero-order chi connectivity index (χ0) is 22.7. The second-order valence-corrected chi connectivity index (χ2v) is 7.41. The monoisotopic (exact) mass is 445 g/mol. The van der Waals surface area contributed by atoms with Gasteiger partial charge in [0, 0.05) is 16.3 Å². The van der Waals surface area contributed by atoms with E-state index < -0.39 is 11.9 Å². The Kier molecular flexibility index (Phi) is 6.10. The van der Waals surface area contributed by atoms with Crippen LogP contribution in [-0.4, -0.2) is 30.7 Å². The van der Waals surface area contributed by atoms with Gasteiger partial charge >= 0.3 is 11.9 Å². The molecule has 32 heavy (non-hydrogen) atoms. The van der Waals surface area contributed by atoms with Gasteiger partial charge in [-0.15, -0.1) is 0 Å². The quantitative estimate of drug-likeness (QED) is 0.351. The van der Waals surface area contributed by atoms with E-state index >= 15 is 0 Å². The molecule has 160 valence electrons. The molecule has 0 saturated heterocycles. The van der Waals surface area contributed by atoms with Crippen molar-refractivity contribution in [2.24, 2.45) is 0 Å². The van der Waals surface area contributed by atoms with E-state index in [4.69, 9.17) is 21.1 Å². The molecule has 0 N–H and O–H groups in total. The molecule has 0 fully saturated rings. The average Bonchev–Trinajstić information content (AvgIpc) is 3.20. The van der Waals surface area contributed by atoms with E-state index in [2.05, 4.69) is 0 Å². The topological polar surface area (TPSA) is 57.5 Å². The van der Waals surface area contributed by atoms with Crippen LogP contribution >= 0.6 is 11.6 Å². The predicted molar refractivity (Wildman–Crippen MR) is 124 cm³/mol. The number of ether oxygens (including phenoxy) is 2. The molecule has 0 radical (unpaired) electrons. The summed E-state index contributed by atoms with van der Waals surface area (Å²) in [5, 5.41) is 0.554. The summed E-state index contributed by atoms with van der Waals surface area (Å²) in [5.41, 5.74) is 3.71. The second kappa shape index (κ2) is 9.12. The van der Waals surface area contributed by atoms with E-state index in [1.807, 2.05) is 60.7 Å². The van der Waals surface area contributed by atoms with Crippen LogP contribution in [0.1, 0.15) is 20.8 Å². The van der Waals surface area contributed by atoms with Gasteiger partial charge in [0.2, 0.25) is 0 Å². The first-order chi connectivity index (χ1) is 15.6. The maximum Gasteiger partial charge on any atom is 0.355 e. The Morgan fingerprint density at radius 3 is 1.78 bits per heavy atom. The Labute approximate surface area is 190 Å². The van der Waals surface area contributed by atoms with Crippen LogP contribution in [-0.2, 0) is 9.47 Å². The van der Waals surface area contributed by atoms with Gasteiger partial charge in [0.1, 0.15) is 11.3 Å². The molecule has 0 unspecified atom stereocenters. The average molecular weight is 446 g/mol. The minimum atomic E-state index is -0.653. The van der Waals surface area contributed by atoms with Crippen molar-refractivity contribution in [3.05, 3.63) is 101 Å². The molecule has 6 heteroatoms. The Bertz CT molecular complexity index is 1260. The van der Waals surface area contributed by atoms with E-state index in [-0.39, 0.29) is 11.3 Å². The Morgan fingerprint density at radius 1 is 0.719 bits per heavy atom. The Balaban J connectivity index is 2.23. The largest absolute Gasteiger partial charge is 0.465 e. The summed E-state index contributed by atoms with van der Waals surface area (Å²) in [6.07, 6.45) is 0. The van der Waals surface area contributed by atoms with Crippen molar-refractivity contribution in [2.45, 2.75) is 0 Å². The maximum atomic E-state index is 13.1. The minimum Gasteiger partial charge on any atom is -0.465 e. The van der Waals surface area contributed by atoms with Crippen molar-refractivity contribution < 1.29 is 19.1 Å². The zero-order valence-electron chi connectivity index (χ0n) is 17.5. The number of carbonyl (C=O) groups excluding carboxylic acids is 2. The molecule has 4 rings (SSSR count). The van der Waals surface area contributed by atoms with E-state index in [0.717, 1.165) is 11.1 Å². The summed E-state index contributed by atoms with van der Waals surface area (Å²) in [6, 6.07) is 26.0. The molecule has 3 aromatic carbocycles. The molecule has 1 aromatic heterocycles. The minimum absolute atomic E-state index is 0.0828. The van der Waals surface area contributed by atoms with Crippen LogP contribution in [0.5, 0.6) is 0 Å². The van der Waals surface area contributed by atoms with Gasteiger partial charge < -0.3 is 14.0 Å². The lowest BCUT2D eigenvalue weighted by atomic mass is 9.97. The highest BCUT2D eigenvalue weighted by Gasteiger charge is 2.34. The standard InChI is InChI=1S/C26H20ClNO4/c1-31-25(29)22-21(17-9-5-3-6-10-17)23(18-11-7-4-8-12-18)28(24(22)26(30)32-2)20-15-13-19(27)14-16-20/h3-16H,1-2H3. The number of carbonyl (C=O) groups is 2. The normalized spacial score (nSPS) is 10.6. The van der Waals surface area contributed by atoms with E-state index in [9.17, 15) is 9.59 Å². The zero-order valence-corrected chi connectivity index (χ0v) is 18.3. The predicted octanol–water partition coefficient (Wildman–Crippen LogP) is 6.04. The molecule has 0 aliphatic rings. The maximum absolute atomic E-state index is 13.1. The van der Waals surface area contributed by atoms with Crippen molar-refractivity contribution >= 4 is 23.5 Å². The van der Waals surface area contributed by atoms with E-state index in [1.165, 1.54) is 14.2 Å². The highest BCUT2D eigenvalue weighted by molar-refractivity contribution is 6.30. The Morgan fingerprint density at radius 2 is 1.25 bits per heavy atom. The molecular weight excluding hydrogens is 426 g/mol. The molecule has 0 spiro atoms. The van der Waals surface area contributed by atoms with Crippen LogP contribution in [0.2, 0.25) is 5.02 Å².